The number of benzene rings is 2. The van der Waals surface area contributed by atoms with Crippen molar-refractivity contribution in [2.75, 3.05) is 23.3 Å². The van der Waals surface area contributed by atoms with Gasteiger partial charge in [-0.05, 0) is 71.7 Å². The maximum absolute atomic E-state index is 13.3. The van der Waals surface area contributed by atoms with Crippen LogP contribution in [0.25, 0.3) is 0 Å². The van der Waals surface area contributed by atoms with Crippen LogP contribution in [0.4, 0.5) is 11.4 Å². The minimum Gasteiger partial charge on any atom is -0.371 e. The highest BCUT2D eigenvalue weighted by molar-refractivity contribution is 6.06. The van der Waals surface area contributed by atoms with E-state index < -0.39 is 0 Å². The highest BCUT2D eigenvalue weighted by atomic mass is 16.2. The third-order valence-electron chi connectivity index (χ3n) is 6.81. The fourth-order valence-corrected chi connectivity index (χ4v) is 4.43. The van der Waals surface area contributed by atoms with Gasteiger partial charge in [0.15, 0.2) is 0 Å². The zero-order valence-corrected chi connectivity index (χ0v) is 21.7. The van der Waals surface area contributed by atoms with Crippen LogP contribution in [-0.4, -0.2) is 29.9 Å². The predicted molar refractivity (Wildman–Crippen MR) is 146 cm³/mol. The summed E-state index contributed by atoms with van der Waals surface area (Å²) in [5, 5.41) is 5.99. The van der Waals surface area contributed by atoms with E-state index in [-0.39, 0.29) is 17.2 Å². The van der Waals surface area contributed by atoms with E-state index in [1.165, 1.54) is 5.56 Å². The Hall–Kier alpha value is -3.67. The molecule has 0 unspecified atom stereocenters. The summed E-state index contributed by atoms with van der Waals surface area (Å²) in [5.74, 6) is 0.321. The summed E-state index contributed by atoms with van der Waals surface area (Å²) in [6.07, 6.45) is 5.65. The molecular formula is C30H36N4O2. The highest BCUT2D eigenvalue weighted by Crippen LogP contribution is 2.29. The van der Waals surface area contributed by atoms with E-state index >= 15 is 0 Å². The molecule has 6 nitrogen and oxygen atoms in total. The number of rotatable bonds is 6. The molecule has 0 aliphatic carbocycles. The molecule has 2 amide bonds. The molecule has 6 heteroatoms. The first-order chi connectivity index (χ1) is 17.2. The molecule has 3 aromatic rings. The number of hydrogen-bond donors (Lipinski definition) is 2. The van der Waals surface area contributed by atoms with E-state index in [4.69, 9.17) is 0 Å². The van der Waals surface area contributed by atoms with Gasteiger partial charge in [-0.25, -0.2) is 0 Å². The van der Waals surface area contributed by atoms with Crippen LogP contribution >= 0.6 is 0 Å². The Bertz CT molecular complexity index is 1190. The molecule has 1 aliphatic rings. The maximum Gasteiger partial charge on any atom is 0.255 e. The third kappa shape index (κ3) is 6.30. The Kier molecular flexibility index (Phi) is 7.73. The lowest BCUT2D eigenvalue weighted by Crippen LogP contribution is -2.35. The van der Waals surface area contributed by atoms with Crippen LogP contribution in [0.5, 0.6) is 0 Å². The fraction of sp³-hybridized carbons (Fsp3) is 0.367. The van der Waals surface area contributed by atoms with Gasteiger partial charge >= 0.3 is 0 Å². The topological polar surface area (TPSA) is 74.3 Å². The second-order valence-electron chi connectivity index (χ2n) is 10.7. The summed E-state index contributed by atoms with van der Waals surface area (Å²) in [4.78, 5) is 32.7. The van der Waals surface area contributed by atoms with Gasteiger partial charge in [0.05, 0.1) is 5.56 Å². The molecule has 1 saturated heterocycles. The summed E-state index contributed by atoms with van der Waals surface area (Å²) in [6.45, 7) is 10.9. The van der Waals surface area contributed by atoms with Gasteiger partial charge in [0.1, 0.15) is 0 Å². The van der Waals surface area contributed by atoms with Gasteiger partial charge in [0, 0.05) is 49.0 Å². The largest absolute Gasteiger partial charge is 0.371 e. The number of nitrogens with zero attached hydrogens (tertiary/aromatic N) is 2. The van der Waals surface area contributed by atoms with Crippen molar-refractivity contribution in [2.24, 2.45) is 5.92 Å². The summed E-state index contributed by atoms with van der Waals surface area (Å²) in [7, 11) is 0. The maximum atomic E-state index is 13.3. The molecule has 36 heavy (non-hydrogen) atoms. The van der Waals surface area contributed by atoms with Crippen molar-refractivity contribution in [1.82, 2.24) is 10.3 Å². The van der Waals surface area contributed by atoms with E-state index in [0.717, 1.165) is 37.2 Å². The first-order valence-corrected chi connectivity index (χ1v) is 12.7. The number of pyridine rings is 1. The van der Waals surface area contributed by atoms with Crippen LogP contribution in [0.2, 0.25) is 0 Å². The zero-order valence-electron chi connectivity index (χ0n) is 21.7. The van der Waals surface area contributed by atoms with Gasteiger partial charge in [-0.3, -0.25) is 14.6 Å². The Labute approximate surface area is 214 Å². The van der Waals surface area contributed by atoms with Crippen molar-refractivity contribution in [3.63, 3.8) is 0 Å². The smallest absolute Gasteiger partial charge is 0.255 e. The molecule has 0 saturated carbocycles. The fourth-order valence-electron chi connectivity index (χ4n) is 4.43. The first kappa shape index (κ1) is 25.4. The average Bonchev–Trinajstić information content (AvgIpc) is 2.88. The molecule has 188 valence electrons. The van der Waals surface area contributed by atoms with E-state index in [0.29, 0.717) is 29.3 Å². The van der Waals surface area contributed by atoms with Crippen LogP contribution in [0.1, 0.15) is 72.4 Å². The number of nitrogens with one attached hydrogen (secondary N) is 2. The molecule has 1 fully saturated rings. The number of carbonyl (C=O) groups is 2. The highest BCUT2D eigenvalue weighted by Gasteiger charge is 2.22. The minimum absolute atomic E-state index is 0.0230. The second kappa shape index (κ2) is 10.9. The van der Waals surface area contributed by atoms with Crippen molar-refractivity contribution in [3.8, 4) is 0 Å². The van der Waals surface area contributed by atoms with E-state index in [1.54, 1.807) is 18.5 Å². The molecule has 0 atom stereocenters. The van der Waals surface area contributed by atoms with Crippen LogP contribution in [0.3, 0.4) is 0 Å². The summed E-state index contributed by atoms with van der Waals surface area (Å²) >= 11 is 0. The van der Waals surface area contributed by atoms with Gasteiger partial charge < -0.3 is 15.5 Å². The third-order valence-corrected chi connectivity index (χ3v) is 6.81. The molecule has 2 aromatic carbocycles. The van der Waals surface area contributed by atoms with Crippen LogP contribution < -0.4 is 15.5 Å². The van der Waals surface area contributed by atoms with E-state index in [9.17, 15) is 9.59 Å². The Morgan fingerprint density at radius 2 is 1.72 bits per heavy atom. The molecule has 1 aromatic heterocycles. The molecule has 0 radical (unpaired) electrons. The average molecular weight is 485 g/mol. The lowest BCUT2D eigenvalue weighted by atomic mass is 9.87. The number of carbonyl (C=O) groups excluding carboxylic acids is 2. The minimum atomic E-state index is -0.197. The number of aromatic nitrogens is 1. The number of anilines is 2. The number of amides is 2. The second-order valence-corrected chi connectivity index (χ2v) is 10.7. The molecule has 0 spiro atoms. The van der Waals surface area contributed by atoms with Crippen molar-refractivity contribution >= 4 is 23.2 Å². The lowest BCUT2D eigenvalue weighted by molar-refractivity contribution is 0.0950. The molecule has 2 heterocycles. The predicted octanol–water partition coefficient (Wildman–Crippen LogP) is 5.80. The van der Waals surface area contributed by atoms with Gasteiger partial charge in [-0.15, -0.1) is 0 Å². The quantitative estimate of drug-likeness (QED) is 0.464. The molecule has 4 rings (SSSR count). The van der Waals surface area contributed by atoms with Gasteiger partial charge in [0.2, 0.25) is 0 Å². The van der Waals surface area contributed by atoms with Crippen molar-refractivity contribution in [2.45, 2.75) is 52.5 Å². The SMILES string of the molecule is CC1CCN(c2ccc(NC(=O)c3ccc(C(C)(C)C)cc3)cc2C(=O)NCc2cccnc2)CC1. The van der Waals surface area contributed by atoms with Crippen molar-refractivity contribution in [1.29, 1.82) is 0 Å². The van der Waals surface area contributed by atoms with Gasteiger partial charge in [-0.1, -0.05) is 45.9 Å². The Morgan fingerprint density at radius 1 is 1.00 bits per heavy atom. The number of hydrogen-bond acceptors (Lipinski definition) is 4. The Balaban J connectivity index is 1.55. The summed E-state index contributed by atoms with van der Waals surface area (Å²) < 4.78 is 0. The van der Waals surface area contributed by atoms with Gasteiger partial charge in [0.25, 0.3) is 11.8 Å². The first-order valence-electron chi connectivity index (χ1n) is 12.7. The molecule has 1 aliphatic heterocycles. The summed E-state index contributed by atoms with van der Waals surface area (Å²) in [5.41, 5.74) is 4.77. The van der Waals surface area contributed by atoms with Crippen LogP contribution in [0, 0.1) is 5.92 Å². The van der Waals surface area contributed by atoms with E-state index in [1.807, 2.05) is 48.5 Å². The summed E-state index contributed by atoms with van der Waals surface area (Å²) in [6, 6.07) is 17.1. The molecule has 0 bridgehead atoms. The van der Waals surface area contributed by atoms with Gasteiger partial charge in [-0.2, -0.15) is 0 Å². The lowest BCUT2D eigenvalue weighted by Gasteiger charge is -2.33. The van der Waals surface area contributed by atoms with Crippen LogP contribution in [0.15, 0.2) is 67.0 Å². The monoisotopic (exact) mass is 484 g/mol. The molecule has 2 N–H and O–H groups in total. The standard InChI is InChI=1S/C30H36N4O2/c1-21-13-16-34(17-14-21)27-12-11-25(18-26(27)29(36)32-20-22-6-5-15-31-19-22)33-28(35)23-7-9-24(10-8-23)30(2,3)4/h5-12,15,18-19,21H,13-14,16-17,20H2,1-4H3,(H,32,36)(H,33,35). The Morgan fingerprint density at radius 3 is 2.36 bits per heavy atom. The van der Waals surface area contributed by atoms with Crippen molar-refractivity contribution < 1.29 is 9.59 Å². The molecular weight excluding hydrogens is 448 g/mol. The normalized spacial score (nSPS) is 14.4. The van der Waals surface area contributed by atoms with Crippen LogP contribution in [-0.2, 0) is 12.0 Å². The number of piperidine rings is 1. The van der Waals surface area contributed by atoms with E-state index in [2.05, 4.69) is 48.2 Å². The zero-order chi connectivity index (χ0) is 25.7. The van der Waals surface area contributed by atoms with Crippen molar-refractivity contribution in [3.05, 3.63) is 89.2 Å².